The van der Waals surface area contributed by atoms with Crippen molar-refractivity contribution in [2.24, 2.45) is 0 Å². The number of carbonyl (C=O) groups excluding carboxylic acids is 1. The predicted octanol–water partition coefficient (Wildman–Crippen LogP) is 0.411. The summed E-state index contributed by atoms with van der Waals surface area (Å²) in [7, 11) is 0. The minimum atomic E-state index is 0.170. The monoisotopic (exact) mass is 263 g/mol. The topological polar surface area (TPSA) is 63.1 Å². The molecule has 0 aromatic carbocycles. The van der Waals surface area contributed by atoms with Crippen LogP contribution in [0.1, 0.15) is 32.1 Å². The lowest BCUT2D eigenvalue weighted by Crippen LogP contribution is -2.53. The molecule has 0 bridgehead atoms. The molecule has 19 heavy (non-hydrogen) atoms. The highest BCUT2D eigenvalue weighted by atomic mass is 16.2. The van der Waals surface area contributed by atoms with Gasteiger partial charge in [0.15, 0.2) is 0 Å². The van der Waals surface area contributed by atoms with Gasteiger partial charge in [0.25, 0.3) is 0 Å². The Morgan fingerprint density at radius 1 is 1.32 bits per heavy atom. The van der Waals surface area contributed by atoms with Gasteiger partial charge in [0.05, 0.1) is 0 Å². The van der Waals surface area contributed by atoms with Crippen molar-refractivity contribution in [2.75, 3.05) is 13.1 Å². The van der Waals surface area contributed by atoms with E-state index in [1.165, 1.54) is 25.6 Å². The second-order valence-corrected chi connectivity index (χ2v) is 5.45. The lowest BCUT2D eigenvalue weighted by atomic mass is 9.94. The molecule has 6 heteroatoms. The van der Waals surface area contributed by atoms with Crippen molar-refractivity contribution in [3.05, 3.63) is 12.7 Å². The summed E-state index contributed by atoms with van der Waals surface area (Å²) < 4.78 is 1.61. The van der Waals surface area contributed by atoms with E-state index in [0.29, 0.717) is 18.6 Å². The van der Waals surface area contributed by atoms with Crippen LogP contribution in [0.2, 0.25) is 0 Å². The third kappa shape index (κ3) is 2.78. The van der Waals surface area contributed by atoms with Gasteiger partial charge in [-0.25, -0.2) is 9.67 Å². The number of nitrogens with one attached hydrogen (secondary N) is 1. The molecule has 3 heterocycles. The van der Waals surface area contributed by atoms with E-state index >= 15 is 0 Å². The fraction of sp³-hybridized carbons (Fsp3) is 0.769. The molecule has 2 aliphatic rings. The third-order valence-electron chi connectivity index (χ3n) is 4.20. The molecule has 1 amide bonds. The first-order chi connectivity index (χ1) is 9.34. The van der Waals surface area contributed by atoms with Crippen LogP contribution in [-0.4, -0.2) is 50.7 Å². The lowest BCUT2D eigenvalue weighted by Gasteiger charge is -2.39. The zero-order valence-electron chi connectivity index (χ0n) is 11.2. The van der Waals surface area contributed by atoms with E-state index in [1.54, 1.807) is 11.0 Å². The molecule has 1 aromatic heterocycles. The number of hydrogen-bond acceptors (Lipinski definition) is 4. The fourth-order valence-corrected chi connectivity index (χ4v) is 3.27. The Morgan fingerprint density at radius 3 is 3.00 bits per heavy atom. The quantitative estimate of drug-likeness (QED) is 0.858. The van der Waals surface area contributed by atoms with Gasteiger partial charge >= 0.3 is 0 Å². The number of likely N-dealkylation sites (tertiary alicyclic amines) is 1. The number of nitrogens with zero attached hydrogens (tertiary/aromatic N) is 4. The molecule has 2 atom stereocenters. The molecule has 0 saturated carbocycles. The maximum atomic E-state index is 12.4. The summed E-state index contributed by atoms with van der Waals surface area (Å²) in [5.41, 5.74) is 0. The van der Waals surface area contributed by atoms with Gasteiger partial charge in [0.1, 0.15) is 19.2 Å². The van der Waals surface area contributed by atoms with Crippen LogP contribution in [0.5, 0.6) is 0 Å². The Morgan fingerprint density at radius 2 is 2.26 bits per heavy atom. The van der Waals surface area contributed by atoms with Crippen molar-refractivity contribution in [3.63, 3.8) is 0 Å². The molecular formula is C13H21N5O. The zero-order chi connectivity index (χ0) is 13.1. The van der Waals surface area contributed by atoms with E-state index in [-0.39, 0.29) is 5.91 Å². The minimum Gasteiger partial charge on any atom is -0.337 e. The number of carbonyl (C=O) groups is 1. The SMILES string of the molecule is O=C(Cn1cncn1)N1CCCCC1C1CCCN1. The first-order valence-electron chi connectivity index (χ1n) is 7.20. The average Bonchev–Trinajstić information content (AvgIpc) is 3.11. The van der Waals surface area contributed by atoms with E-state index in [1.807, 2.05) is 0 Å². The van der Waals surface area contributed by atoms with E-state index in [9.17, 15) is 4.79 Å². The summed E-state index contributed by atoms with van der Waals surface area (Å²) in [5, 5.41) is 7.56. The molecule has 104 valence electrons. The predicted molar refractivity (Wildman–Crippen MR) is 70.4 cm³/mol. The van der Waals surface area contributed by atoms with Gasteiger partial charge in [0.2, 0.25) is 5.91 Å². The minimum absolute atomic E-state index is 0.170. The molecule has 1 aromatic rings. The smallest absolute Gasteiger partial charge is 0.244 e. The largest absolute Gasteiger partial charge is 0.337 e. The molecule has 2 saturated heterocycles. The molecule has 6 nitrogen and oxygen atoms in total. The van der Waals surface area contributed by atoms with Crippen LogP contribution in [0.4, 0.5) is 0 Å². The lowest BCUT2D eigenvalue weighted by molar-refractivity contribution is -0.136. The number of amides is 1. The molecule has 0 aliphatic carbocycles. The van der Waals surface area contributed by atoms with Crippen LogP contribution in [0.25, 0.3) is 0 Å². The van der Waals surface area contributed by atoms with Gasteiger partial charge in [-0.2, -0.15) is 5.10 Å². The second-order valence-electron chi connectivity index (χ2n) is 5.45. The second kappa shape index (κ2) is 5.69. The number of hydrogen-bond donors (Lipinski definition) is 1. The molecule has 2 aliphatic heterocycles. The summed E-state index contributed by atoms with van der Waals surface area (Å²) in [6.45, 7) is 2.28. The standard InChI is InChI=1S/C13H21N5O/c19-13(8-17-10-14-9-16-17)18-7-2-1-5-12(18)11-4-3-6-15-11/h9-12,15H,1-8H2. The van der Waals surface area contributed by atoms with Gasteiger partial charge in [-0.1, -0.05) is 0 Å². The number of piperidine rings is 1. The van der Waals surface area contributed by atoms with Crippen LogP contribution >= 0.6 is 0 Å². The first-order valence-corrected chi connectivity index (χ1v) is 7.20. The summed E-state index contributed by atoms with van der Waals surface area (Å²) in [6, 6.07) is 0.854. The van der Waals surface area contributed by atoms with Gasteiger partial charge in [-0.15, -0.1) is 0 Å². The highest BCUT2D eigenvalue weighted by molar-refractivity contribution is 5.76. The summed E-state index contributed by atoms with van der Waals surface area (Å²) >= 11 is 0. The first kappa shape index (κ1) is 12.6. The van der Waals surface area contributed by atoms with Crippen LogP contribution in [0, 0.1) is 0 Å². The van der Waals surface area contributed by atoms with Gasteiger partial charge in [-0.3, -0.25) is 4.79 Å². The highest BCUT2D eigenvalue weighted by Gasteiger charge is 2.34. The van der Waals surface area contributed by atoms with E-state index in [4.69, 9.17) is 0 Å². The number of rotatable bonds is 3. The van der Waals surface area contributed by atoms with Crippen LogP contribution in [-0.2, 0) is 11.3 Å². The molecule has 2 fully saturated rings. The Balaban J connectivity index is 1.67. The van der Waals surface area contributed by atoms with Gasteiger partial charge in [-0.05, 0) is 38.6 Å². The van der Waals surface area contributed by atoms with E-state index < -0.39 is 0 Å². The van der Waals surface area contributed by atoms with E-state index in [0.717, 1.165) is 25.9 Å². The summed E-state index contributed by atoms with van der Waals surface area (Å²) in [4.78, 5) is 18.4. The highest BCUT2D eigenvalue weighted by Crippen LogP contribution is 2.24. The molecule has 0 radical (unpaired) electrons. The summed E-state index contributed by atoms with van der Waals surface area (Å²) in [6.07, 6.45) is 8.97. The Labute approximate surface area is 113 Å². The van der Waals surface area contributed by atoms with Crippen molar-refractivity contribution in [3.8, 4) is 0 Å². The fourth-order valence-electron chi connectivity index (χ4n) is 3.27. The van der Waals surface area contributed by atoms with E-state index in [2.05, 4.69) is 20.3 Å². The Hall–Kier alpha value is -1.43. The van der Waals surface area contributed by atoms with Gasteiger partial charge < -0.3 is 10.2 Å². The molecule has 3 rings (SSSR count). The third-order valence-corrected chi connectivity index (χ3v) is 4.20. The van der Waals surface area contributed by atoms with Crippen LogP contribution in [0.15, 0.2) is 12.7 Å². The average molecular weight is 263 g/mol. The molecule has 2 unspecified atom stereocenters. The molecule has 0 spiro atoms. The normalized spacial score (nSPS) is 27.7. The van der Waals surface area contributed by atoms with Crippen molar-refractivity contribution >= 4 is 5.91 Å². The zero-order valence-corrected chi connectivity index (χ0v) is 11.2. The van der Waals surface area contributed by atoms with Crippen LogP contribution < -0.4 is 5.32 Å². The molecule has 1 N–H and O–H groups in total. The Kier molecular flexibility index (Phi) is 3.77. The number of aromatic nitrogens is 3. The van der Waals surface area contributed by atoms with Crippen molar-refractivity contribution in [1.82, 2.24) is 25.0 Å². The maximum Gasteiger partial charge on any atom is 0.244 e. The van der Waals surface area contributed by atoms with Crippen molar-refractivity contribution in [2.45, 2.75) is 50.7 Å². The summed E-state index contributed by atoms with van der Waals surface area (Å²) in [5.74, 6) is 0.170. The molecular weight excluding hydrogens is 242 g/mol. The van der Waals surface area contributed by atoms with Crippen LogP contribution in [0.3, 0.4) is 0 Å². The maximum absolute atomic E-state index is 12.4. The van der Waals surface area contributed by atoms with Crippen molar-refractivity contribution in [1.29, 1.82) is 0 Å². The van der Waals surface area contributed by atoms with Crippen molar-refractivity contribution < 1.29 is 4.79 Å². The van der Waals surface area contributed by atoms with Gasteiger partial charge in [0, 0.05) is 18.6 Å². The Bertz CT molecular complexity index is 413.